The number of Topliss-reactive ketones (excluding diaryl/α,β-unsaturated/α-hetero) is 1. The van der Waals surface area contributed by atoms with E-state index in [1.165, 1.54) is 0 Å². The van der Waals surface area contributed by atoms with Crippen molar-refractivity contribution in [1.82, 2.24) is 0 Å². The molecule has 9 heavy (non-hydrogen) atoms. The molecule has 0 atom stereocenters. The van der Waals surface area contributed by atoms with E-state index in [4.69, 9.17) is 0 Å². The van der Waals surface area contributed by atoms with Crippen LogP contribution in [0.4, 0.5) is 13.2 Å². The summed E-state index contributed by atoms with van der Waals surface area (Å²) in [7, 11) is 0. The Balaban J connectivity index is 3.60. The molecule has 0 amide bonds. The first-order valence-corrected chi connectivity index (χ1v) is 2.33. The zero-order valence-corrected chi connectivity index (χ0v) is 4.66. The Kier molecular flexibility index (Phi) is 2.67. The number of hydrogen-bond donors (Lipinski definition) is 0. The molecule has 0 aromatic heterocycles. The van der Waals surface area contributed by atoms with Crippen LogP contribution in [0.2, 0.25) is 0 Å². The third kappa shape index (κ3) is 5.33. The van der Waals surface area contributed by atoms with Gasteiger partial charge in [-0.25, -0.2) is 0 Å². The predicted octanol–water partition coefficient (Wildman–Crippen LogP) is 1.73. The second kappa shape index (κ2) is 2.85. The summed E-state index contributed by atoms with van der Waals surface area (Å²) in [5, 5.41) is 0. The Morgan fingerprint density at radius 3 is 2.00 bits per heavy atom. The van der Waals surface area contributed by atoms with Crippen LogP contribution in [0.3, 0.4) is 0 Å². The second-order valence-electron chi connectivity index (χ2n) is 1.58. The Hall–Kier alpha value is -0.540. The Labute approximate surface area is 50.9 Å². The molecule has 0 saturated carbocycles. The molecule has 0 heterocycles. The van der Waals surface area contributed by atoms with E-state index in [-0.39, 0.29) is 6.42 Å². The molecule has 0 aromatic rings. The lowest BCUT2D eigenvalue weighted by molar-refractivity contribution is -0.151. The van der Waals surface area contributed by atoms with E-state index in [0.717, 1.165) is 0 Å². The molecule has 53 valence electrons. The molecule has 0 N–H and O–H groups in total. The van der Waals surface area contributed by atoms with E-state index in [1.54, 1.807) is 0 Å². The van der Waals surface area contributed by atoms with Gasteiger partial charge in [0.05, 0.1) is 0 Å². The molecule has 0 saturated heterocycles. The van der Waals surface area contributed by atoms with Crippen molar-refractivity contribution in [3.05, 3.63) is 6.92 Å². The summed E-state index contributed by atoms with van der Waals surface area (Å²) >= 11 is 0. The first kappa shape index (κ1) is 8.46. The lowest BCUT2D eigenvalue weighted by Gasteiger charge is -2.01. The molecule has 0 aliphatic heterocycles. The number of carbonyl (C=O) groups excluding carboxylic acids is 1. The fraction of sp³-hybridized carbons (Fsp3) is 0.600. The van der Waals surface area contributed by atoms with E-state index in [2.05, 4.69) is 6.92 Å². The fourth-order valence-electron chi connectivity index (χ4n) is 0.312. The minimum atomic E-state index is -4.37. The van der Waals surface area contributed by atoms with Gasteiger partial charge in [-0.15, -0.1) is 0 Å². The molecule has 0 spiro atoms. The average Bonchev–Trinajstić information content (AvgIpc) is 1.62. The lowest BCUT2D eigenvalue weighted by Crippen LogP contribution is -2.13. The van der Waals surface area contributed by atoms with Gasteiger partial charge < -0.3 is 0 Å². The van der Waals surface area contributed by atoms with Gasteiger partial charge in [-0.05, 0) is 6.92 Å². The van der Waals surface area contributed by atoms with Crippen molar-refractivity contribution in [2.45, 2.75) is 19.0 Å². The lowest BCUT2D eigenvalue weighted by atomic mass is 10.2. The largest absolute Gasteiger partial charge is 0.395 e. The summed E-state index contributed by atoms with van der Waals surface area (Å²) < 4.78 is 33.7. The quantitative estimate of drug-likeness (QED) is 0.569. The average molecular weight is 139 g/mol. The number of hydrogen-bond acceptors (Lipinski definition) is 1. The van der Waals surface area contributed by atoms with Crippen LogP contribution in [-0.2, 0) is 4.79 Å². The topological polar surface area (TPSA) is 17.1 Å². The fourth-order valence-corrected chi connectivity index (χ4v) is 0.312. The molecule has 1 radical (unpaired) electrons. The SMILES string of the molecule is [CH2]CC(=O)CC(F)(F)F. The van der Waals surface area contributed by atoms with Crippen LogP contribution in [0, 0.1) is 6.92 Å². The number of ketones is 1. The summed E-state index contributed by atoms with van der Waals surface area (Å²) in [4.78, 5) is 10.0. The molecule has 0 aliphatic rings. The van der Waals surface area contributed by atoms with Gasteiger partial charge in [0.1, 0.15) is 12.2 Å². The highest BCUT2D eigenvalue weighted by Gasteiger charge is 2.29. The third-order valence-electron chi connectivity index (χ3n) is 0.676. The van der Waals surface area contributed by atoms with E-state index in [9.17, 15) is 18.0 Å². The highest BCUT2D eigenvalue weighted by Crippen LogP contribution is 2.19. The number of carbonyl (C=O) groups is 1. The van der Waals surface area contributed by atoms with Gasteiger partial charge in [0, 0.05) is 6.42 Å². The van der Waals surface area contributed by atoms with E-state index < -0.39 is 18.4 Å². The van der Waals surface area contributed by atoms with Gasteiger partial charge in [0.25, 0.3) is 0 Å². The summed E-state index contributed by atoms with van der Waals surface area (Å²) in [5.74, 6) is -0.873. The van der Waals surface area contributed by atoms with E-state index in [1.807, 2.05) is 0 Å². The van der Waals surface area contributed by atoms with Crippen molar-refractivity contribution in [2.24, 2.45) is 0 Å². The normalized spacial score (nSPS) is 11.6. The molecule has 0 rings (SSSR count). The van der Waals surface area contributed by atoms with Crippen molar-refractivity contribution in [3.63, 3.8) is 0 Å². The van der Waals surface area contributed by atoms with Gasteiger partial charge in [0.15, 0.2) is 0 Å². The van der Waals surface area contributed by atoms with Crippen molar-refractivity contribution < 1.29 is 18.0 Å². The maximum atomic E-state index is 11.2. The molecular weight excluding hydrogens is 133 g/mol. The summed E-state index contributed by atoms with van der Waals surface area (Å²) in [6.45, 7) is 3.02. The van der Waals surface area contributed by atoms with Gasteiger partial charge in [-0.2, -0.15) is 13.2 Å². The van der Waals surface area contributed by atoms with Crippen LogP contribution in [0.25, 0.3) is 0 Å². The molecular formula is C5H6F3O. The molecule has 0 aliphatic carbocycles. The van der Waals surface area contributed by atoms with Gasteiger partial charge >= 0.3 is 6.18 Å². The molecule has 0 bridgehead atoms. The smallest absolute Gasteiger partial charge is 0.299 e. The minimum Gasteiger partial charge on any atom is -0.299 e. The Morgan fingerprint density at radius 2 is 1.89 bits per heavy atom. The third-order valence-corrected chi connectivity index (χ3v) is 0.676. The predicted molar refractivity (Wildman–Crippen MR) is 25.7 cm³/mol. The van der Waals surface area contributed by atoms with E-state index in [0.29, 0.717) is 0 Å². The van der Waals surface area contributed by atoms with Crippen LogP contribution in [0.5, 0.6) is 0 Å². The van der Waals surface area contributed by atoms with Crippen LogP contribution in [0.15, 0.2) is 0 Å². The number of halogens is 3. The molecule has 0 fully saturated rings. The Bertz CT molecular complexity index is 105. The highest BCUT2D eigenvalue weighted by atomic mass is 19.4. The standard InChI is InChI=1S/C5H6F3O/c1-2-4(9)3-5(6,7)8/h1-3H2. The van der Waals surface area contributed by atoms with Gasteiger partial charge in [-0.1, -0.05) is 0 Å². The number of rotatable bonds is 2. The van der Waals surface area contributed by atoms with Gasteiger partial charge in [-0.3, -0.25) is 4.79 Å². The highest BCUT2D eigenvalue weighted by molar-refractivity contribution is 5.79. The zero-order chi connectivity index (χ0) is 7.49. The van der Waals surface area contributed by atoms with Gasteiger partial charge in [0.2, 0.25) is 0 Å². The first-order chi connectivity index (χ1) is 3.95. The summed E-state index contributed by atoms with van der Waals surface area (Å²) in [5.41, 5.74) is 0. The van der Waals surface area contributed by atoms with Crippen molar-refractivity contribution in [1.29, 1.82) is 0 Å². The van der Waals surface area contributed by atoms with Crippen LogP contribution in [0.1, 0.15) is 12.8 Å². The second-order valence-corrected chi connectivity index (χ2v) is 1.58. The minimum absolute atomic E-state index is 0.292. The number of alkyl halides is 3. The zero-order valence-electron chi connectivity index (χ0n) is 4.66. The van der Waals surface area contributed by atoms with Crippen LogP contribution < -0.4 is 0 Å². The van der Waals surface area contributed by atoms with Crippen molar-refractivity contribution in [3.8, 4) is 0 Å². The maximum absolute atomic E-state index is 11.2. The van der Waals surface area contributed by atoms with Crippen molar-refractivity contribution in [2.75, 3.05) is 0 Å². The van der Waals surface area contributed by atoms with Crippen LogP contribution in [-0.4, -0.2) is 12.0 Å². The first-order valence-electron chi connectivity index (χ1n) is 2.33. The molecule has 0 aromatic carbocycles. The van der Waals surface area contributed by atoms with Crippen LogP contribution >= 0.6 is 0 Å². The maximum Gasteiger partial charge on any atom is 0.395 e. The Morgan fingerprint density at radius 1 is 1.44 bits per heavy atom. The monoisotopic (exact) mass is 139 g/mol. The molecule has 0 unspecified atom stereocenters. The summed E-state index contributed by atoms with van der Waals surface area (Å²) in [6, 6.07) is 0. The van der Waals surface area contributed by atoms with E-state index >= 15 is 0 Å². The molecule has 4 heteroatoms. The summed E-state index contributed by atoms with van der Waals surface area (Å²) in [6.07, 6.45) is -6.01. The van der Waals surface area contributed by atoms with Crippen molar-refractivity contribution >= 4 is 5.78 Å². The molecule has 1 nitrogen and oxygen atoms in total.